The van der Waals surface area contributed by atoms with E-state index in [1.807, 2.05) is 16.8 Å². The molecule has 0 aromatic carbocycles. The lowest BCUT2D eigenvalue weighted by molar-refractivity contribution is 0.177. The Hall–Kier alpha value is -1.63. The zero-order valence-electron chi connectivity index (χ0n) is 9.83. The highest BCUT2D eigenvalue weighted by Crippen LogP contribution is 2.18. The molecule has 0 saturated carbocycles. The highest BCUT2D eigenvalue weighted by molar-refractivity contribution is 5.77. The number of carbonyl (C=O) groups is 1. The third-order valence-electron chi connectivity index (χ3n) is 3.44. The van der Waals surface area contributed by atoms with Crippen LogP contribution in [0.25, 0.3) is 0 Å². The molecule has 0 radical (unpaired) electrons. The number of amides is 2. The Morgan fingerprint density at radius 3 is 3.18 bits per heavy atom. The first-order chi connectivity index (χ1) is 8.25. The zero-order valence-corrected chi connectivity index (χ0v) is 9.83. The number of fused-ring (bicyclic) bond motifs is 1. The number of rotatable bonds is 2. The molecule has 1 aromatic heterocycles. The van der Waals surface area contributed by atoms with Gasteiger partial charge in [-0.05, 0) is 0 Å². The average molecular weight is 236 g/mol. The SMILES string of the molecule is Cn1ncnc1CN1CC2CNCCN2C1=O. The van der Waals surface area contributed by atoms with E-state index in [0.29, 0.717) is 12.6 Å². The summed E-state index contributed by atoms with van der Waals surface area (Å²) in [6.45, 7) is 3.90. The molecule has 0 aliphatic carbocycles. The predicted molar refractivity (Wildman–Crippen MR) is 60.2 cm³/mol. The summed E-state index contributed by atoms with van der Waals surface area (Å²) < 4.78 is 1.71. The van der Waals surface area contributed by atoms with Gasteiger partial charge in [0.15, 0.2) is 0 Å². The third-order valence-corrected chi connectivity index (χ3v) is 3.44. The van der Waals surface area contributed by atoms with Gasteiger partial charge in [-0.1, -0.05) is 0 Å². The van der Waals surface area contributed by atoms with Crippen LogP contribution in [-0.4, -0.2) is 62.8 Å². The van der Waals surface area contributed by atoms with Gasteiger partial charge >= 0.3 is 6.03 Å². The molecule has 7 nitrogen and oxygen atoms in total. The Kier molecular flexibility index (Phi) is 2.47. The molecule has 0 spiro atoms. The van der Waals surface area contributed by atoms with Gasteiger partial charge in [0, 0.05) is 33.2 Å². The highest BCUT2D eigenvalue weighted by Gasteiger charge is 2.38. The second-order valence-electron chi connectivity index (χ2n) is 4.51. The molecule has 3 heterocycles. The summed E-state index contributed by atoms with van der Waals surface area (Å²) in [5.74, 6) is 0.825. The largest absolute Gasteiger partial charge is 0.320 e. The quantitative estimate of drug-likeness (QED) is 0.717. The van der Waals surface area contributed by atoms with E-state index in [2.05, 4.69) is 15.4 Å². The first-order valence-electron chi connectivity index (χ1n) is 5.85. The number of piperazine rings is 1. The molecule has 17 heavy (non-hydrogen) atoms. The summed E-state index contributed by atoms with van der Waals surface area (Å²) in [5.41, 5.74) is 0. The van der Waals surface area contributed by atoms with Crippen molar-refractivity contribution < 1.29 is 4.79 Å². The number of nitrogens with one attached hydrogen (secondary N) is 1. The molecule has 3 rings (SSSR count). The van der Waals surface area contributed by atoms with Crippen LogP contribution in [0.5, 0.6) is 0 Å². The van der Waals surface area contributed by atoms with Crippen LogP contribution < -0.4 is 5.32 Å². The third kappa shape index (κ3) is 1.76. The Morgan fingerprint density at radius 2 is 2.47 bits per heavy atom. The van der Waals surface area contributed by atoms with E-state index in [-0.39, 0.29) is 6.03 Å². The van der Waals surface area contributed by atoms with Gasteiger partial charge in [0.2, 0.25) is 0 Å². The average Bonchev–Trinajstić information content (AvgIpc) is 2.87. The molecule has 92 valence electrons. The van der Waals surface area contributed by atoms with Crippen molar-refractivity contribution in [3.63, 3.8) is 0 Å². The van der Waals surface area contributed by atoms with Crippen LogP contribution in [0, 0.1) is 0 Å². The fraction of sp³-hybridized carbons (Fsp3) is 0.700. The van der Waals surface area contributed by atoms with Crippen LogP contribution in [0.1, 0.15) is 5.82 Å². The highest BCUT2D eigenvalue weighted by atomic mass is 16.2. The maximum Gasteiger partial charge on any atom is 0.320 e. The van der Waals surface area contributed by atoms with Crippen molar-refractivity contribution in [2.24, 2.45) is 7.05 Å². The van der Waals surface area contributed by atoms with Crippen molar-refractivity contribution in [2.45, 2.75) is 12.6 Å². The Balaban J connectivity index is 1.73. The first kappa shape index (κ1) is 10.5. The van der Waals surface area contributed by atoms with Crippen molar-refractivity contribution in [1.82, 2.24) is 29.9 Å². The second kappa shape index (κ2) is 3.99. The number of hydrogen-bond donors (Lipinski definition) is 1. The van der Waals surface area contributed by atoms with E-state index in [0.717, 1.165) is 32.0 Å². The number of aryl methyl sites for hydroxylation is 1. The molecular formula is C10H16N6O. The van der Waals surface area contributed by atoms with Gasteiger partial charge in [0.25, 0.3) is 0 Å². The van der Waals surface area contributed by atoms with Gasteiger partial charge in [-0.15, -0.1) is 0 Å². The first-order valence-corrected chi connectivity index (χ1v) is 5.85. The summed E-state index contributed by atoms with van der Waals surface area (Å²) in [7, 11) is 1.85. The minimum atomic E-state index is 0.125. The Bertz CT molecular complexity index is 430. The van der Waals surface area contributed by atoms with Crippen LogP contribution >= 0.6 is 0 Å². The minimum absolute atomic E-state index is 0.125. The molecule has 2 aliphatic rings. The predicted octanol–water partition coefficient (Wildman–Crippen LogP) is -0.975. The summed E-state index contributed by atoms with van der Waals surface area (Å²) in [5, 5.41) is 7.33. The maximum absolute atomic E-state index is 12.1. The summed E-state index contributed by atoms with van der Waals surface area (Å²) in [6, 6.07) is 0.434. The minimum Gasteiger partial charge on any atom is -0.317 e. The summed E-state index contributed by atoms with van der Waals surface area (Å²) in [6.07, 6.45) is 1.52. The number of nitrogens with zero attached hydrogens (tertiary/aromatic N) is 5. The van der Waals surface area contributed by atoms with E-state index in [1.54, 1.807) is 4.68 Å². The fourth-order valence-corrected chi connectivity index (χ4v) is 2.46. The molecule has 1 N–H and O–H groups in total. The lowest BCUT2D eigenvalue weighted by atomic mass is 10.2. The summed E-state index contributed by atoms with van der Waals surface area (Å²) >= 11 is 0. The normalized spacial score (nSPS) is 24.3. The van der Waals surface area contributed by atoms with Gasteiger partial charge in [-0.25, -0.2) is 9.78 Å². The number of hydrogen-bond acceptors (Lipinski definition) is 4. The van der Waals surface area contributed by atoms with Crippen molar-refractivity contribution >= 4 is 6.03 Å². The maximum atomic E-state index is 12.1. The van der Waals surface area contributed by atoms with Crippen LogP contribution in [0.2, 0.25) is 0 Å². The lowest BCUT2D eigenvalue weighted by Crippen LogP contribution is -2.49. The van der Waals surface area contributed by atoms with Gasteiger partial charge in [-0.2, -0.15) is 5.10 Å². The number of urea groups is 1. The standard InChI is InChI=1S/C10H16N6O/c1-14-9(12-7-13-14)6-15-5-8-4-11-2-3-16(8)10(15)17/h7-8,11H,2-6H2,1H3. The molecular weight excluding hydrogens is 220 g/mol. The van der Waals surface area contributed by atoms with Gasteiger partial charge in [0.1, 0.15) is 12.2 Å². The topological polar surface area (TPSA) is 66.3 Å². The molecule has 7 heteroatoms. The molecule has 2 amide bonds. The second-order valence-corrected chi connectivity index (χ2v) is 4.51. The van der Waals surface area contributed by atoms with Gasteiger partial charge < -0.3 is 15.1 Å². The monoisotopic (exact) mass is 236 g/mol. The van der Waals surface area contributed by atoms with E-state index < -0.39 is 0 Å². The molecule has 1 atom stereocenters. The van der Waals surface area contributed by atoms with Crippen LogP contribution in [0.15, 0.2) is 6.33 Å². The van der Waals surface area contributed by atoms with Gasteiger partial charge in [0.05, 0.1) is 12.6 Å². The lowest BCUT2D eigenvalue weighted by Gasteiger charge is -2.28. The molecule has 1 aromatic rings. The molecule has 1 unspecified atom stereocenters. The van der Waals surface area contributed by atoms with E-state index >= 15 is 0 Å². The van der Waals surface area contributed by atoms with Gasteiger partial charge in [-0.3, -0.25) is 4.68 Å². The summed E-state index contributed by atoms with van der Waals surface area (Å²) in [4.78, 5) is 20.1. The van der Waals surface area contributed by atoms with Crippen LogP contribution in [0.3, 0.4) is 0 Å². The van der Waals surface area contributed by atoms with Crippen LogP contribution in [-0.2, 0) is 13.6 Å². The van der Waals surface area contributed by atoms with Crippen molar-refractivity contribution in [2.75, 3.05) is 26.2 Å². The molecule has 0 bridgehead atoms. The zero-order chi connectivity index (χ0) is 11.8. The van der Waals surface area contributed by atoms with Crippen LogP contribution in [0.4, 0.5) is 4.79 Å². The molecule has 2 fully saturated rings. The Morgan fingerprint density at radius 1 is 1.59 bits per heavy atom. The van der Waals surface area contributed by atoms with Crippen molar-refractivity contribution in [3.8, 4) is 0 Å². The fourth-order valence-electron chi connectivity index (χ4n) is 2.46. The van der Waals surface area contributed by atoms with E-state index in [9.17, 15) is 4.79 Å². The number of aromatic nitrogens is 3. The number of carbonyl (C=O) groups excluding carboxylic acids is 1. The smallest absolute Gasteiger partial charge is 0.317 e. The van der Waals surface area contributed by atoms with E-state index in [4.69, 9.17) is 0 Å². The molecule has 2 aliphatic heterocycles. The Labute approximate surface area is 99.4 Å². The van der Waals surface area contributed by atoms with E-state index in [1.165, 1.54) is 6.33 Å². The van der Waals surface area contributed by atoms with Crippen molar-refractivity contribution in [3.05, 3.63) is 12.2 Å². The molecule has 2 saturated heterocycles. The van der Waals surface area contributed by atoms with Crippen molar-refractivity contribution in [1.29, 1.82) is 0 Å².